The zero-order chi connectivity index (χ0) is 32.3. The van der Waals surface area contributed by atoms with Gasteiger partial charge in [0, 0.05) is 17.7 Å². The van der Waals surface area contributed by atoms with Crippen LogP contribution >= 0.6 is 0 Å². The van der Waals surface area contributed by atoms with Gasteiger partial charge in [-0.2, -0.15) is 0 Å². The lowest BCUT2D eigenvalue weighted by Gasteiger charge is -2.18. The van der Waals surface area contributed by atoms with Gasteiger partial charge in [0.05, 0.1) is 17.5 Å². The number of carboxylic acid groups (broad SMARTS) is 2. The Bertz CT molecular complexity index is 1900. The molecule has 0 unspecified atom stereocenters. The van der Waals surface area contributed by atoms with Gasteiger partial charge in [0.2, 0.25) is 0 Å². The van der Waals surface area contributed by atoms with Gasteiger partial charge in [-0.05, 0) is 25.5 Å². The summed E-state index contributed by atoms with van der Waals surface area (Å²) in [7, 11) is 0. The zero-order valence-corrected chi connectivity index (χ0v) is 22.6. The highest BCUT2D eigenvalue weighted by Gasteiger charge is 2.35. The van der Waals surface area contributed by atoms with Gasteiger partial charge in [-0.1, -0.05) is 0 Å². The number of aromatic carboxylic acids is 1. The first-order valence-corrected chi connectivity index (χ1v) is 12.2. The van der Waals surface area contributed by atoms with E-state index in [0.717, 1.165) is 6.07 Å². The third kappa shape index (κ3) is 5.77. The van der Waals surface area contributed by atoms with Crippen LogP contribution in [0.2, 0.25) is 0 Å². The van der Waals surface area contributed by atoms with Gasteiger partial charge in [0.1, 0.15) is 41.1 Å². The van der Waals surface area contributed by atoms with E-state index in [-0.39, 0.29) is 28.7 Å². The van der Waals surface area contributed by atoms with Crippen LogP contribution in [0.3, 0.4) is 0 Å². The molecule has 4 aromatic rings. The van der Waals surface area contributed by atoms with E-state index >= 15 is 0 Å². The number of ether oxygens (including phenoxy) is 3. The van der Waals surface area contributed by atoms with E-state index in [2.05, 4.69) is 19.9 Å². The Kier molecular flexibility index (Phi) is 8.40. The number of aromatic hydroxyl groups is 2. The standard InChI is InChI=1S/C22H16O12.C5H5N5/c1-8-5-12(24)10(6-23)19-15(8)22(31)34-20-11(7-32-14(27)4-3-13(25)26)17(28)16(21(29)30)9(2)18(20)33-19;6-4-3-5(9-1-7-3)10-2-8-4/h3-6,24,28H,7H2,1-2H3,(H,25,26)(H,29,30);1-2H,(H3,6,7,8,9,10). The van der Waals surface area contributed by atoms with Crippen LogP contribution < -0.4 is 15.2 Å². The molecule has 3 heterocycles. The van der Waals surface area contributed by atoms with Crippen LogP contribution in [0.1, 0.15) is 47.8 Å². The third-order valence-electron chi connectivity index (χ3n) is 6.12. The molecule has 0 spiro atoms. The van der Waals surface area contributed by atoms with Crippen molar-refractivity contribution in [3.05, 3.63) is 64.3 Å². The number of aromatic nitrogens is 4. The number of nitrogens with zero attached hydrogens (tertiary/aromatic N) is 3. The second-order valence-electron chi connectivity index (χ2n) is 8.87. The lowest BCUT2D eigenvalue weighted by Crippen LogP contribution is -2.13. The smallest absolute Gasteiger partial charge is 0.347 e. The molecule has 2 aromatic carbocycles. The first kappa shape index (κ1) is 30.4. The second-order valence-corrected chi connectivity index (χ2v) is 8.87. The molecule has 226 valence electrons. The number of carbonyl (C=O) groups is 5. The number of nitrogen functional groups attached to an aromatic ring is 1. The molecular formula is C27H21N5O12. The number of carbonyl (C=O) groups excluding carboxylic acids is 3. The average Bonchev–Trinajstić information content (AvgIpc) is 3.38. The molecule has 5 rings (SSSR count). The van der Waals surface area contributed by atoms with E-state index in [4.69, 9.17) is 25.1 Å². The van der Waals surface area contributed by atoms with E-state index in [0.29, 0.717) is 29.1 Å². The number of H-pyrrole nitrogens is 1. The number of anilines is 1. The fraction of sp³-hybridized carbons (Fsp3) is 0.111. The largest absolute Gasteiger partial charge is 0.507 e. The van der Waals surface area contributed by atoms with E-state index in [1.165, 1.54) is 26.5 Å². The molecule has 0 bridgehead atoms. The number of carboxylic acids is 2. The monoisotopic (exact) mass is 607 g/mol. The van der Waals surface area contributed by atoms with Crippen molar-refractivity contribution in [1.29, 1.82) is 0 Å². The van der Waals surface area contributed by atoms with Crippen molar-refractivity contribution in [2.75, 3.05) is 5.73 Å². The van der Waals surface area contributed by atoms with Crippen molar-refractivity contribution in [1.82, 2.24) is 19.9 Å². The van der Waals surface area contributed by atoms with Crippen LogP contribution in [0, 0.1) is 13.8 Å². The number of nitrogens with one attached hydrogen (secondary N) is 1. The molecule has 0 atom stereocenters. The van der Waals surface area contributed by atoms with E-state index in [1.807, 2.05) is 0 Å². The molecule has 0 saturated heterocycles. The van der Waals surface area contributed by atoms with Crippen molar-refractivity contribution in [3.63, 3.8) is 0 Å². The maximum absolute atomic E-state index is 12.9. The van der Waals surface area contributed by atoms with E-state index in [1.54, 1.807) is 0 Å². The van der Waals surface area contributed by atoms with Crippen LogP contribution in [0.15, 0.2) is 30.9 Å². The Morgan fingerprint density at radius 3 is 2.41 bits per heavy atom. The number of aryl methyl sites for hydroxylation is 1. The number of aromatic amines is 1. The predicted molar refractivity (Wildman–Crippen MR) is 146 cm³/mol. The van der Waals surface area contributed by atoms with Gasteiger partial charge in [0.15, 0.2) is 35.0 Å². The molecule has 2 aromatic heterocycles. The number of aliphatic carboxylic acids is 1. The number of phenolic OH excluding ortho intramolecular Hbond substituents is 1. The highest BCUT2D eigenvalue weighted by atomic mass is 16.6. The summed E-state index contributed by atoms with van der Waals surface area (Å²) in [4.78, 5) is 73.0. The van der Waals surface area contributed by atoms with Gasteiger partial charge >= 0.3 is 23.9 Å². The summed E-state index contributed by atoms with van der Waals surface area (Å²) in [6.45, 7) is 1.83. The number of aldehydes is 1. The summed E-state index contributed by atoms with van der Waals surface area (Å²) in [5.41, 5.74) is 4.98. The highest BCUT2D eigenvalue weighted by molar-refractivity contribution is 6.03. The van der Waals surface area contributed by atoms with Crippen LogP contribution in [0.25, 0.3) is 11.2 Å². The van der Waals surface area contributed by atoms with Crippen LogP contribution in [-0.2, 0) is 20.9 Å². The molecule has 1 aliphatic rings. The van der Waals surface area contributed by atoms with Gasteiger partial charge < -0.3 is 45.4 Å². The van der Waals surface area contributed by atoms with E-state index in [9.17, 15) is 39.3 Å². The molecular weight excluding hydrogens is 586 g/mol. The fourth-order valence-electron chi connectivity index (χ4n) is 4.10. The van der Waals surface area contributed by atoms with Crippen LogP contribution in [0.4, 0.5) is 5.82 Å². The van der Waals surface area contributed by atoms with Crippen molar-refractivity contribution >= 4 is 47.1 Å². The SMILES string of the molecule is Cc1cc(O)c(C=O)c2c1C(=O)Oc1c(COC(=O)C=CC(=O)O)c(O)c(C(=O)O)c(C)c1O2.Nc1ncnc2nc[nH]c12. The van der Waals surface area contributed by atoms with E-state index < -0.39 is 70.2 Å². The number of esters is 2. The van der Waals surface area contributed by atoms with Crippen molar-refractivity contribution < 1.29 is 58.6 Å². The summed E-state index contributed by atoms with van der Waals surface area (Å²) < 4.78 is 15.9. The zero-order valence-electron chi connectivity index (χ0n) is 22.6. The van der Waals surface area contributed by atoms with Gasteiger partial charge in [-0.25, -0.2) is 34.1 Å². The van der Waals surface area contributed by atoms with Crippen LogP contribution in [0.5, 0.6) is 28.7 Å². The topological polar surface area (TPSA) is 274 Å². The molecule has 0 fully saturated rings. The number of fused-ring (bicyclic) bond motifs is 3. The molecule has 7 N–H and O–H groups in total. The maximum atomic E-state index is 12.9. The number of benzene rings is 2. The highest BCUT2D eigenvalue weighted by Crippen LogP contribution is 2.50. The van der Waals surface area contributed by atoms with Gasteiger partial charge in [-0.3, -0.25) is 4.79 Å². The second kappa shape index (κ2) is 12.1. The number of phenols is 2. The van der Waals surface area contributed by atoms with Crippen LogP contribution in [-0.4, -0.2) is 70.5 Å². The summed E-state index contributed by atoms with van der Waals surface area (Å²) >= 11 is 0. The lowest BCUT2D eigenvalue weighted by atomic mass is 10.0. The van der Waals surface area contributed by atoms with Crippen molar-refractivity contribution in [3.8, 4) is 28.7 Å². The molecule has 0 radical (unpaired) electrons. The number of rotatable bonds is 6. The molecule has 17 heteroatoms. The number of hydrogen-bond donors (Lipinski definition) is 6. The Morgan fingerprint density at radius 2 is 1.77 bits per heavy atom. The van der Waals surface area contributed by atoms with Gasteiger partial charge in [0.25, 0.3) is 0 Å². The first-order chi connectivity index (χ1) is 20.8. The Hall–Kier alpha value is -6.52. The molecule has 0 saturated carbocycles. The average molecular weight is 607 g/mol. The quantitative estimate of drug-likeness (QED) is 0.0792. The van der Waals surface area contributed by atoms with Crippen molar-refractivity contribution in [2.45, 2.75) is 20.5 Å². The Balaban J connectivity index is 0.000000369. The molecule has 0 amide bonds. The Morgan fingerprint density at radius 1 is 1.05 bits per heavy atom. The summed E-state index contributed by atoms with van der Waals surface area (Å²) in [5.74, 6) is -7.48. The number of imidazole rings is 1. The maximum Gasteiger partial charge on any atom is 0.347 e. The minimum absolute atomic E-state index is 0.169. The summed E-state index contributed by atoms with van der Waals surface area (Å²) in [6.07, 6.45) is 4.23. The number of nitrogens with two attached hydrogens (primary N) is 1. The first-order valence-electron chi connectivity index (χ1n) is 12.2. The molecule has 44 heavy (non-hydrogen) atoms. The normalized spacial score (nSPS) is 11.7. The molecule has 17 nitrogen and oxygen atoms in total. The predicted octanol–water partition coefficient (Wildman–Crippen LogP) is 2.17. The number of hydrogen-bond acceptors (Lipinski definition) is 14. The minimum atomic E-state index is -1.60. The summed E-state index contributed by atoms with van der Waals surface area (Å²) in [5, 5.41) is 38.9. The fourth-order valence-corrected chi connectivity index (χ4v) is 4.10. The third-order valence-corrected chi connectivity index (χ3v) is 6.12. The lowest BCUT2D eigenvalue weighted by molar-refractivity contribution is -0.139. The summed E-state index contributed by atoms with van der Waals surface area (Å²) in [6, 6.07) is 1.13. The van der Waals surface area contributed by atoms with Crippen molar-refractivity contribution in [2.24, 2.45) is 0 Å². The molecule has 0 aliphatic carbocycles. The minimum Gasteiger partial charge on any atom is -0.507 e. The Labute approximate surface area is 245 Å². The molecule has 1 aliphatic heterocycles. The van der Waals surface area contributed by atoms with Gasteiger partial charge in [-0.15, -0.1) is 0 Å².